The van der Waals surface area contributed by atoms with Crippen molar-refractivity contribution in [2.24, 2.45) is 0 Å². The molecule has 3 aromatic rings. The monoisotopic (exact) mass is 459 g/mol. The topological polar surface area (TPSA) is 107 Å². The van der Waals surface area contributed by atoms with Crippen molar-refractivity contribution >= 4 is 39.2 Å². The number of thiazole rings is 1. The molecule has 1 unspecified atom stereocenters. The fourth-order valence-corrected chi connectivity index (χ4v) is 4.98. The molecule has 166 valence electrons. The Kier molecular flexibility index (Phi) is 4.81. The zero-order valence-electron chi connectivity index (χ0n) is 17.2. The zero-order valence-corrected chi connectivity index (χ0v) is 18.0. The molecule has 3 amide bonds. The Morgan fingerprint density at radius 1 is 1.06 bits per heavy atom. The molecule has 2 aromatic heterocycles. The van der Waals surface area contributed by atoms with Crippen molar-refractivity contribution in [2.45, 2.75) is 25.3 Å². The van der Waals surface area contributed by atoms with Gasteiger partial charge in [0.05, 0.1) is 36.2 Å². The summed E-state index contributed by atoms with van der Waals surface area (Å²) >= 11 is 0.795. The molecule has 0 radical (unpaired) electrons. The van der Waals surface area contributed by atoms with Crippen molar-refractivity contribution in [2.75, 3.05) is 25.7 Å². The van der Waals surface area contributed by atoms with Crippen LogP contribution in [0.5, 0.6) is 11.8 Å². The van der Waals surface area contributed by atoms with Crippen LogP contribution in [0.2, 0.25) is 0 Å². The number of piperidine rings is 1. The highest BCUT2D eigenvalue weighted by Crippen LogP contribution is 2.35. The van der Waals surface area contributed by atoms with Crippen LogP contribution in [-0.4, -0.2) is 58.2 Å². The number of methoxy groups -OCH3 is 2. The number of halogens is 1. The van der Waals surface area contributed by atoms with Crippen LogP contribution in [0.1, 0.15) is 19.3 Å². The van der Waals surface area contributed by atoms with Crippen molar-refractivity contribution in [3.8, 4) is 17.7 Å². The number of hydrogen-bond donors (Lipinski definition) is 0. The Labute approximate surface area is 184 Å². The SMILES string of the molecule is COc1cc(OC)nc(-n2c(=O)sc3cc(F)c(N4C(=O)C5CCCCN5C4=O)cc32)n1. The molecule has 2 aliphatic heterocycles. The van der Waals surface area contributed by atoms with Crippen LogP contribution in [-0.2, 0) is 4.79 Å². The van der Waals surface area contributed by atoms with Crippen molar-refractivity contribution in [3.05, 3.63) is 33.7 Å². The molecule has 0 bridgehead atoms. The van der Waals surface area contributed by atoms with Crippen molar-refractivity contribution < 1.29 is 23.5 Å². The summed E-state index contributed by atoms with van der Waals surface area (Å²) in [5.74, 6) is -0.927. The van der Waals surface area contributed by atoms with E-state index in [1.54, 1.807) is 0 Å². The number of imide groups is 1. The summed E-state index contributed by atoms with van der Waals surface area (Å²) < 4.78 is 26.8. The predicted molar refractivity (Wildman–Crippen MR) is 113 cm³/mol. The van der Waals surface area contributed by atoms with Crippen LogP contribution in [0.15, 0.2) is 23.0 Å². The number of rotatable bonds is 4. The Bertz CT molecular complexity index is 1280. The van der Waals surface area contributed by atoms with Gasteiger partial charge in [0.15, 0.2) is 0 Å². The highest BCUT2D eigenvalue weighted by atomic mass is 32.1. The van der Waals surface area contributed by atoms with Gasteiger partial charge in [-0.1, -0.05) is 11.3 Å². The fraction of sp³-hybridized carbons (Fsp3) is 0.350. The third-order valence-electron chi connectivity index (χ3n) is 5.62. The van der Waals surface area contributed by atoms with Gasteiger partial charge in [0.2, 0.25) is 17.7 Å². The van der Waals surface area contributed by atoms with Gasteiger partial charge in [-0.2, -0.15) is 9.97 Å². The molecule has 0 N–H and O–H groups in total. The lowest BCUT2D eigenvalue weighted by molar-refractivity contribution is -0.120. The number of nitrogens with zero attached hydrogens (tertiary/aromatic N) is 5. The predicted octanol–water partition coefficient (Wildman–Crippen LogP) is 2.32. The molecule has 1 atom stereocenters. The minimum absolute atomic E-state index is 0.0356. The maximum atomic E-state index is 15.0. The summed E-state index contributed by atoms with van der Waals surface area (Å²) in [6.45, 7) is 0.455. The van der Waals surface area contributed by atoms with Crippen LogP contribution in [0.4, 0.5) is 14.9 Å². The molecule has 0 spiro atoms. The third kappa shape index (κ3) is 3.01. The quantitative estimate of drug-likeness (QED) is 0.551. The molecular formula is C20H18FN5O5S. The summed E-state index contributed by atoms with van der Waals surface area (Å²) in [6.07, 6.45) is 2.17. The molecule has 10 nitrogen and oxygen atoms in total. The average molecular weight is 459 g/mol. The Hall–Kier alpha value is -3.54. The number of benzene rings is 1. The van der Waals surface area contributed by atoms with Gasteiger partial charge in [0.1, 0.15) is 11.9 Å². The van der Waals surface area contributed by atoms with E-state index >= 15 is 4.39 Å². The minimum Gasteiger partial charge on any atom is -0.481 e. The number of hydrogen-bond acceptors (Lipinski definition) is 8. The van der Waals surface area contributed by atoms with E-state index in [0.29, 0.717) is 17.7 Å². The van der Waals surface area contributed by atoms with Gasteiger partial charge >= 0.3 is 10.9 Å². The summed E-state index contributed by atoms with van der Waals surface area (Å²) in [6, 6.07) is 2.77. The standard InChI is InChI=1S/C20H18FN5O5S/c1-30-15-9-16(31-2)23-18(22-15)26-13-8-12(10(21)7-14(13)32-20(26)29)25-17(27)11-5-3-4-6-24(11)19(25)28/h7-9,11H,3-6H2,1-2H3. The number of anilines is 1. The fourth-order valence-electron chi connectivity index (χ4n) is 4.10. The van der Waals surface area contributed by atoms with Gasteiger partial charge in [-0.3, -0.25) is 9.59 Å². The van der Waals surface area contributed by atoms with E-state index in [9.17, 15) is 14.4 Å². The summed E-state index contributed by atoms with van der Waals surface area (Å²) in [4.78, 5) is 48.9. The molecule has 0 aliphatic carbocycles. The first-order valence-corrected chi connectivity index (χ1v) is 10.7. The second kappa shape index (κ2) is 7.55. The van der Waals surface area contributed by atoms with E-state index in [4.69, 9.17) is 9.47 Å². The van der Waals surface area contributed by atoms with E-state index in [1.807, 2.05) is 0 Å². The largest absolute Gasteiger partial charge is 0.481 e. The summed E-state index contributed by atoms with van der Waals surface area (Å²) in [7, 11) is 2.82. The molecule has 4 heterocycles. The first-order valence-electron chi connectivity index (χ1n) is 9.90. The number of amides is 3. The summed E-state index contributed by atoms with van der Waals surface area (Å²) in [5, 5.41) is 0. The second-order valence-corrected chi connectivity index (χ2v) is 8.38. The average Bonchev–Trinajstić information content (AvgIpc) is 3.25. The molecule has 2 fully saturated rings. The highest BCUT2D eigenvalue weighted by Gasteiger charge is 2.47. The van der Waals surface area contributed by atoms with Crippen molar-refractivity contribution in [1.82, 2.24) is 19.4 Å². The molecule has 32 heavy (non-hydrogen) atoms. The number of ether oxygens (including phenoxy) is 2. The normalized spacial score (nSPS) is 18.4. The molecule has 0 saturated carbocycles. The van der Waals surface area contributed by atoms with Crippen LogP contribution in [0.25, 0.3) is 16.2 Å². The Balaban J connectivity index is 1.68. The molecule has 2 saturated heterocycles. The molecule has 1 aromatic carbocycles. The number of carbonyl (C=O) groups excluding carboxylic acids is 2. The third-order valence-corrected chi connectivity index (χ3v) is 6.52. The van der Waals surface area contributed by atoms with Crippen LogP contribution in [0, 0.1) is 5.82 Å². The van der Waals surface area contributed by atoms with Crippen molar-refractivity contribution in [3.63, 3.8) is 0 Å². The second-order valence-electron chi connectivity index (χ2n) is 7.39. The Morgan fingerprint density at radius 2 is 1.78 bits per heavy atom. The van der Waals surface area contributed by atoms with Crippen molar-refractivity contribution in [1.29, 1.82) is 0 Å². The van der Waals surface area contributed by atoms with Gasteiger partial charge in [0.25, 0.3) is 5.91 Å². The van der Waals surface area contributed by atoms with E-state index in [2.05, 4.69) is 9.97 Å². The molecule has 2 aliphatic rings. The number of carbonyl (C=O) groups is 2. The lowest BCUT2D eigenvalue weighted by Gasteiger charge is -2.25. The van der Waals surface area contributed by atoms with E-state index in [0.717, 1.165) is 35.1 Å². The van der Waals surface area contributed by atoms with Gasteiger partial charge in [-0.05, 0) is 31.4 Å². The number of urea groups is 1. The van der Waals surface area contributed by atoms with Gasteiger partial charge in [-0.25, -0.2) is 18.7 Å². The minimum atomic E-state index is -0.767. The van der Waals surface area contributed by atoms with E-state index in [1.165, 1.54) is 35.8 Å². The van der Waals surface area contributed by atoms with Crippen LogP contribution < -0.4 is 19.2 Å². The molecule has 12 heteroatoms. The maximum absolute atomic E-state index is 15.0. The van der Waals surface area contributed by atoms with Crippen LogP contribution in [0.3, 0.4) is 0 Å². The smallest absolute Gasteiger partial charge is 0.332 e. The highest BCUT2D eigenvalue weighted by molar-refractivity contribution is 7.16. The van der Waals surface area contributed by atoms with E-state index < -0.39 is 28.7 Å². The molecular weight excluding hydrogens is 441 g/mol. The first-order chi connectivity index (χ1) is 15.4. The first kappa shape index (κ1) is 20.4. The lowest BCUT2D eigenvalue weighted by atomic mass is 10.0. The van der Waals surface area contributed by atoms with Gasteiger partial charge in [-0.15, -0.1) is 0 Å². The number of aromatic nitrogens is 3. The van der Waals surface area contributed by atoms with E-state index in [-0.39, 0.29) is 28.9 Å². The van der Waals surface area contributed by atoms with Crippen LogP contribution >= 0.6 is 11.3 Å². The summed E-state index contributed by atoms with van der Waals surface area (Å²) in [5.41, 5.74) is 0.0560. The lowest BCUT2D eigenvalue weighted by Crippen LogP contribution is -2.39. The molecule has 5 rings (SSSR count). The van der Waals surface area contributed by atoms with Gasteiger partial charge < -0.3 is 14.4 Å². The Morgan fingerprint density at radius 3 is 2.44 bits per heavy atom. The van der Waals surface area contributed by atoms with Gasteiger partial charge in [0, 0.05) is 6.54 Å². The maximum Gasteiger partial charge on any atom is 0.332 e. The number of fused-ring (bicyclic) bond motifs is 2. The zero-order chi connectivity index (χ0) is 22.6.